The number of benzene rings is 1. The summed E-state index contributed by atoms with van der Waals surface area (Å²) < 4.78 is 92.7. The van der Waals surface area contributed by atoms with Crippen LogP contribution in [0.1, 0.15) is 0 Å². The minimum atomic E-state index is -6.05. The van der Waals surface area contributed by atoms with Crippen molar-refractivity contribution >= 4 is 20.0 Å². The Labute approximate surface area is 99.5 Å². The molecule has 0 unspecified atom stereocenters. The van der Waals surface area contributed by atoms with Gasteiger partial charge in [-0.2, -0.15) is 13.2 Å². The molecule has 0 saturated carbocycles. The molecule has 11 heteroatoms. The summed E-state index contributed by atoms with van der Waals surface area (Å²) in [7, 11) is -11.0. The number of halogens is 4. The van der Waals surface area contributed by atoms with Crippen molar-refractivity contribution in [3.63, 3.8) is 0 Å². The van der Waals surface area contributed by atoms with Gasteiger partial charge in [0.05, 0.1) is 4.90 Å². The maximum atomic E-state index is 12.5. The van der Waals surface area contributed by atoms with E-state index in [0.717, 1.165) is 0 Å². The lowest BCUT2D eigenvalue weighted by Crippen LogP contribution is -2.40. The first-order chi connectivity index (χ1) is 7.96. The third-order valence-corrected chi connectivity index (χ3v) is 4.91. The zero-order chi connectivity index (χ0) is 14.2. The Bertz CT molecular complexity index is 633. The smallest absolute Gasteiger partial charge is 0.207 e. The normalized spacial score (nSPS) is 13.6. The zero-order valence-corrected chi connectivity index (χ0v) is 9.90. The molecule has 18 heavy (non-hydrogen) atoms. The maximum Gasteiger partial charge on any atom is 0.512 e. The highest BCUT2D eigenvalue weighted by atomic mass is 32.3. The molecule has 1 rings (SSSR count). The van der Waals surface area contributed by atoms with Crippen molar-refractivity contribution in [2.75, 3.05) is 0 Å². The van der Waals surface area contributed by atoms with Crippen LogP contribution in [-0.2, 0) is 20.0 Å². The van der Waals surface area contributed by atoms with Gasteiger partial charge in [-0.05, 0) is 24.3 Å². The van der Waals surface area contributed by atoms with Crippen molar-refractivity contribution in [3.05, 3.63) is 30.1 Å². The molecule has 1 aromatic rings. The fraction of sp³-hybridized carbons (Fsp3) is 0.143. The molecule has 0 spiro atoms. The van der Waals surface area contributed by atoms with E-state index in [-0.39, 0.29) is 0 Å². The van der Waals surface area contributed by atoms with Crippen molar-refractivity contribution in [1.29, 1.82) is 0 Å². The van der Waals surface area contributed by atoms with E-state index in [2.05, 4.69) is 0 Å². The van der Waals surface area contributed by atoms with Crippen LogP contribution in [-0.4, -0.2) is 22.3 Å². The number of hydrogen-bond donors (Lipinski definition) is 1. The lowest BCUT2D eigenvalue weighted by molar-refractivity contribution is -0.0441. The van der Waals surface area contributed by atoms with Crippen LogP contribution in [0.25, 0.3) is 0 Å². The molecule has 0 fully saturated rings. The quantitative estimate of drug-likeness (QED) is 0.843. The van der Waals surface area contributed by atoms with Gasteiger partial charge in [-0.3, -0.25) is 0 Å². The van der Waals surface area contributed by atoms with E-state index in [9.17, 15) is 34.4 Å². The predicted octanol–water partition coefficient (Wildman–Crippen LogP) is 0.954. The summed E-state index contributed by atoms with van der Waals surface area (Å²) in [6, 6.07) is 2.58. The van der Waals surface area contributed by atoms with Crippen LogP contribution in [0, 0.1) is 5.82 Å². The van der Waals surface area contributed by atoms with E-state index in [0.29, 0.717) is 28.4 Å². The zero-order valence-electron chi connectivity index (χ0n) is 8.27. The number of hydrogen-bond acceptors (Lipinski definition) is 4. The molecule has 5 nitrogen and oxygen atoms in total. The molecule has 0 radical (unpaired) electrons. The van der Waals surface area contributed by atoms with Crippen LogP contribution in [0.5, 0.6) is 0 Å². The lowest BCUT2D eigenvalue weighted by atomic mass is 10.4. The summed E-state index contributed by atoms with van der Waals surface area (Å²) >= 11 is 0. The van der Waals surface area contributed by atoms with Crippen molar-refractivity contribution in [1.82, 2.24) is 4.13 Å². The van der Waals surface area contributed by atoms with Gasteiger partial charge in [0.15, 0.2) is 0 Å². The molecule has 0 aliphatic carbocycles. The van der Waals surface area contributed by atoms with Crippen LogP contribution < -0.4 is 4.13 Å². The molecule has 1 N–H and O–H groups in total. The summed E-state index contributed by atoms with van der Waals surface area (Å²) in [6.07, 6.45) is 0. The predicted molar refractivity (Wildman–Crippen MR) is 51.7 cm³/mol. The van der Waals surface area contributed by atoms with Crippen LogP contribution in [0.3, 0.4) is 0 Å². The largest absolute Gasteiger partial charge is 0.512 e. The van der Waals surface area contributed by atoms with Crippen molar-refractivity contribution < 1.29 is 34.4 Å². The topological polar surface area (TPSA) is 80.3 Å². The van der Waals surface area contributed by atoms with E-state index < -0.39 is 36.3 Å². The molecule has 102 valence electrons. The Morgan fingerprint density at radius 2 is 1.39 bits per heavy atom. The van der Waals surface area contributed by atoms with Gasteiger partial charge in [-0.25, -0.2) is 21.2 Å². The fourth-order valence-corrected chi connectivity index (χ4v) is 3.27. The number of nitrogens with one attached hydrogen (secondary N) is 1. The second-order valence-corrected chi connectivity index (χ2v) is 6.60. The molecular weight excluding hydrogens is 302 g/mol. The van der Waals surface area contributed by atoms with Gasteiger partial charge in [-0.1, -0.05) is 4.13 Å². The molecule has 0 atom stereocenters. The van der Waals surface area contributed by atoms with E-state index in [1.807, 2.05) is 0 Å². The summed E-state index contributed by atoms with van der Waals surface area (Å²) in [5, 5.41) is 0. The SMILES string of the molecule is O=S(=O)(NS(=O)(=O)C(F)(F)F)c1ccc(F)cc1. The average Bonchev–Trinajstić information content (AvgIpc) is 2.14. The maximum absolute atomic E-state index is 12.5. The Morgan fingerprint density at radius 1 is 0.944 bits per heavy atom. The standard InChI is InChI=1S/C7H5F4NO4S2/c8-5-1-3-6(4-2-5)17(13,14)12-18(15,16)7(9,10)11/h1-4,12H. The molecule has 1 aromatic carbocycles. The first kappa shape index (κ1) is 14.9. The van der Waals surface area contributed by atoms with Crippen LogP contribution in [0.15, 0.2) is 29.2 Å². The summed E-state index contributed by atoms with van der Waals surface area (Å²) in [6.45, 7) is 0. The van der Waals surface area contributed by atoms with E-state index in [1.54, 1.807) is 0 Å². The van der Waals surface area contributed by atoms with E-state index >= 15 is 0 Å². The number of alkyl halides is 3. The Balaban J connectivity index is 3.15. The summed E-state index contributed by atoms with van der Waals surface area (Å²) in [4.78, 5) is -0.809. The molecule has 0 heterocycles. The molecule has 0 saturated heterocycles. The van der Waals surface area contributed by atoms with Gasteiger partial charge in [0, 0.05) is 0 Å². The molecule has 0 aliphatic rings. The number of rotatable bonds is 3. The van der Waals surface area contributed by atoms with Gasteiger partial charge in [0.25, 0.3) is 10.0 Å². The Hall–Kier alpha value is -1.20. The minimum Gasteiger partial charge on any atom is -0.207 e. The van der Waals surface area contributed by atoms with E-state index in [4.69, 9.17) is 0 Å². The highest BCUT2D eigenvalue weighted by Crippen LogP contribution is 2.23. The Kier molecular flexibility index (Phi) is 3.70. The third-order valence-electron chi connectivity index (χ3n) is 1.65. The Morgan fingerprint density at radius 3 is 1.78 bits per heavy atom. The van der Waals surface area contributed by atoms with Gasteiger partial charge in [-0.15, -0.1) is 0 Å². The van der Waals surface area contributed by atoms with Crippen molar-refractivity contribution in [2.45, 2.75) is 10.4 Å². The van der Waals surface area contributed by atoms with Gasteiger partial charge in [0.2, 0.25) is 0 Å². The molecule has 0 bridgehead atoms. The fourth-order valence-electron chi connectivity index (χ4n) is 0.854. The highest BCUT2D eigenvalue weighted by molar-refractivity contribution is 8.05. The second-order valence-electron chi connectivity index (χ2n) is 2.99. The highest BCUT2D eigenvalue weighted by Gasteiger charge is 2.48. The molecular formula is C7H5F4NO4S2. The third kappa shape index (κ3) is 3.17. The van der Waals surface area contributed by atoms with E-state index in [1.165, 1.54) is 0 Å². The van der Waals surface area contributed by atoms with Gasteiger partial charge < -0.3 is 0 Å². The monoisotopic (exact) mass is 307 g/mol. The average molecular weight is 307 g/mol. The second kappa shape index (κ2) is 4.48. The summed E-state index contributed by atoms with van der Waals surface area (Å²) in [5.74, 6) is -0.826. The first-order valence-electron chi connectivity index (χ1n) is 4.06. The van der Waals surface area contributed by atoms with Crippen LogP contribution in [0.4, 0.5) is 17.6 Å². The van der Waals surface area contributed by atoms with Crippen molar-refractivity contribution in [2.24, 2.45) is 0 Å². The lowest BCUT2D eigenvalue weighted by Gasteiger charge is -2.09. The van der Waals surface area contributed by atoms with Crippen molar-refractivity contribution in [3.8, 4) is 0 Å². The van der Waals surface area contributed by atoms with Gasteiger partial charge >= 0.3 is 15.5 Å². The summed E-state index contributed by atoms with van der Waals surface area (Å²) in [5.41, 5.74) is -5.76. The van der Waals surface area contributed by atoms with Gasteiger partial charge in [0.1, 0.15) is 5.82 Å². The van der Waals surface area contributed by atoms with Crippen LogP contribution >= 0.6 is 0 Å². The van der Waals surface area contributed by atoms with Crippen LogP contribution in [0.2, 0.25) is 0 Å². The molecule has 0 aromatic heterocycles. The first-order valence-corrected chi connectivity index (χ1v) is 7.03. The molecule has 0 amide bonds. The molecule has 0 aliphatic heterocycles. The number of sulfonamides is 2. The minimum absolute atomic E-state index is 0.505.